The molecule has 0 heterocycles. The molecule has 26 heavy (non-hydrogen) atoms. The van der Waals surface area contributed by atoms with Crippen molar-refractivity contribution in [2.45, 2.75) is 12.8 Å². The molecular formula is C20H18Cl4N2. The fourth-order valence-electron chi connectivity index (χ4n) is 1.96. The van der Waals surface area contributed by atoms with Crippen molar-refractivity contribution in [3.63, 3.8) is 0 Å². The molecule has 136 valence electrons. The highest BCUT2D eigenvalue weighted by Crippen LogP contribution is 2.24. The third kappa shape index (κ3) is 8.43. The maximum absolute atomic E-state index is 6.88. The Balaban J connectivity index is 0. The van der Waals surface area contributed by atoms with E-state index in [0.717, 1.165) is 11.1 Å². The lowest BCUT2D eigenvalue weighted by Crippen LogP contribution is -1.80. The van der Waals surface area contributed by atoms with Crippen LogP contribution in [-0.2, 0) is 12.8 Å². The minimum absolute atomic E-state index is 0. The average molecular weight is 428 g/mol. The van der Waals surface area contributed by atoms with Gasteiger partial charge in [0.2, 0.25) is 0 Å². The molecule has 0 saturated heterocycles. The van der Waals surface area contributed by atoms with Gasteiger partial charge >= 0.3 is 0 Å². The van der Waals surface area contributed by atoms with Crippen molar-refractivity contribution < 1.29 is 0 Å². The number of benzene rings is 2. The highest BCUT2D eigenvalue weighted by atomic mass is 35.5. The molecule has 0 radical (unpaired) electrons. The first-order valence-electron chi connectivity index (χ1n) is 7.09. The molecule has 0 amide bonds. The van der Waals surface area contributed by atoms with Crippen LogP contribution in [0.3, 0.4) is 0 Å². The quantitative estimate of drug-likeness (QED) is 0.344. The molecule has 0 spiro atoms. The Labute approximate surface area is 177 Å². The minimum atomic E-state index is 0. The number of rotatable bonds is 4. The van der Waals surface area contributed by atoms with E-state index in [9.17, 15) is 0 Å². The zero-order valence-electron chi connectivity index (χ0n) is 13.9. The Kier molecular flexibility index (Phi) is 14.4. The van der Waals surface area contributed by atoms with Crippen molar-refractivity contribution in [2.75, 3.05) is 0 Å². The summed E-state index contributed by atoms with van der Waals surface area (Å²) in [7, 11) is 0. The Morgan fingerprint density at radius 1 is 0.769 bits per heavy atom. The van der Waals surface area contributed by atoms with Crippen LogP contribution in [0.1, 0.15) is 11.1 Å². The molecule has 0 aliphatic rings. The zero-order chi connectivity index (χ0) is 17.9. The molecule has 0 N–H and O–H groups in total. The molecule has 0 unspecified atom stereocenters. The molecule has 0 aliphatic carbocycles. The Morgan fingerprint density at radius 3 is 1.38 bits per heavy atom. The van der Waals surface area contributed by atoms with Gasteiger partial charge in [0, 0.05) is 10.0 Å². The van der Waals surface area contributed by atoms with E-state index in [2.05, 4.69) is 22.8 Å². The summed E-state index contributed by atoms with van der Waals surface area (Å²) in [6.07, 6.45) is 4.91. The van der Waals surface area contributed by atoms with Gasteiger partial charge < -0.3 is 0 Å². The van der Waals surface area contributed by atoms with Crippen molar-refractivity contribution in [2.24, 2.45) is 0 Å². The summed E-state index contributed by atoms with van der Waals surface area (Å²) in [5.74, 6) is 0. The van der Waals surface area contributed by atoms with Crippen LogP contribution in [0.4, 0.5) is 11.4 Å². The molecule has 6 heteroatoms. The van der Waals surface area contributed by atoms with E-state index in [0.29, 0.717) is 34.3 Å². The maximum Gasteiger partial charge on any atom is 0.190 e. The van der Waals surface area contributed by atoms with Crippen LogP contribution < -0.4 is 0 Å². The van der Waals surface area contributed by atoms with Gasteiger partial charge in [0.25, 0.3) is 0 Å². The third-order valence-electron chi connectivity index (χ3n) is 3.05. The smallest absolute Gasteiger partial charge is 0.190 e. The van der Waals surface area contributed by atoms with E-state index in [1.165, 1.54) is 0 Å². The van der Waals surface area contributed by atoms with Crippen molar-refractivity contribution in [1.29, 1.82) is 0 Å². The molecular weight excluding hydrogens is 410 g/mol. The molecule has 0 atom stereocenters. The summed E-state index contributed by atoms with van der Waals surface area (Å²) in [5.41, 5.74) is 3.18. The number of allylic oxidation sites excluding steroid dienone is 2. The monoisotopic (exact) mass is 426 g/mol. The maximum atomic E-state index is 6.88. The van der Waals surface area contributed by atoms with Gasteiger partial charge in [0.1, 0.15) is 0 Å². The van der Waals surface area contributed by atoms with Crippen molar-refractivity contribution >= 4 is 59.4 Å². The first-order valence-corrected chi connectivity index (χ1v) is 7.84. The van der Waals surface area contributed by atoms with Gasteiger partial charge in [-0.3, -0.25) is 0 Å². The summed E-state index contributed by atoms with van der Waals surface area (Å²) in [4.78, 5) is 6.75. The lowest BCUT2D eigenvalue weighted by molar-refractivity contribution is 1.29. The fraction of sp³-hybridized carbons (Fsp3) is 0.100. The Bertz CT molecular complexity index is 748. The predicted molar refractivity (Wildman–Crippen MR) is 118 cm³/mol. The normalized spacial score (nSPS) is 8.31. The van der Waals surface area contributed by atoms with E-state index in [-0.39, 0.29) is 24.8 Å². The SMILES string of the molecule is Cl.Cl.[C-]#[N+]c1ccc(Cl)cc1CC=C.[C-]#[N+]c1ccc(Cl)cc1CC=C. The topological polar surface area (TPSA) is 8.72 Å². The van der Waals surface area contributed by atoms with Crippen molar-refractivity contribution in [1.82, 2.24) is 0 Å². The molecule has 0 saturated carbocycles. The van der Waals surface area contributed by atoms with Gasteiger partial charge in [-0.25, -0.2) is 9.69 Å². The van der Waals surface area contributed by atoms with E-state index < -0.39 is 0 Å². The Morgan fingerprint density at radius 2 is 1.12 bits per heavy atom. The second kappa shape index (κ2) is 14.3. The van der Waals surface area contributed by atoms with Crippen LogP contribution in [0, 0.1) is 13.1 Å². The molecule has 0 aliphatic heterocycles. The highest BCUT2D eigenvalue weighted by Gasteiger charge is 2.01. The van der Waals surface area contributed by atoms with E-state index in [1.807, 2.05) is 0 Å². The zero-order valence-corrected chi connectivity index (χ0v) is 17.1. The molecule has 2 aromatic rings. The van der Waals surface area contributed by atoms with Crippen molar-refractivity contribution in [3.8, 4) is 0 Å². The van der Waals surface area contributed by atoms with Crippen LogP contribution in [0.25, 0.3) is 9.69 Å². The molecule has 2 nitrogen and oxygen atoms in total. The van der Waals surface area contributed by atoms with Gasteiger partial charge in [-0.05, 0) is 24.0 Å². The van der Waals surface area contributed by atoms with Crippen LogP contribution in [0.2, 0.25) is 10.0 Å². The molecule has 0 fully saturated rings. The van der Waals surface area contributed by atoms with Gasteiger partial charge in [-0.15, -0.1) is 38.0 Å². The number of nitrogens with zero attached hydrogens (tertiary/aromatic N) is 2. The molecule has 2 aromatic carbocycles. The summed E-state index contributed by atoms with van der Waals surface area (Å²) >= 11 is 11.5. The van der Waals surface area contributed by atoms with Gasteiger partial charge in [0.15, 0.2) is 11.4 Å². The molecule has 0 bridgehead atoms. The van der Waals surface area contributed by atoms with Gasteiger partial charge in [-0.1, -0.05) is 71.8 Å². The summed E-state index contributed by atoms with van der Waals surface area (Å²) < 4.78 is 0. The third-order valence-corrected chi connectivity index (χ3v) is 3.52. The largest absolute Gasteiger partial charge is 0.238 e. The number of hydrogen-bond acceptors (Lipinski definition) is 0. The summed E-state index contributed by atoms with van der Waals surface area (Å²) in [5, 5.41) is 1.33. The van der Waals surface area contributed by atoms with Crippen LogP contribution in [0.5, 0.6) is 0 Å². The first-order chi connectivity index (χ1) is 11.5. The molecule has 0 aromatic heterocycles. The molecule has 2 rings (SSSR count). The van der Waals surface area contributed by atoms with Crippen LogP contribution in [-0.4, -0.2) is 0 Å². The highest BCUT2D eigenvalue weighted by molar-refractivity contribution is 6.31. The van der Waals surface area contributed by atoms with E-state index >= 15 is 0 Å². The predicted octanol–water partition coefficient (Wildman–Crippen LogP) is 8.08. The lowest BCUT2D eigenvalue weighted by atomic mass is 10.1. The first kappa shape index (κ1) is 26.3. The van der Waals surface area contributed by atoms with Gasteiger partial charge in [0.05, 0.1) is 13.1 Å². The fourth-order valence-corrected chi connectivity index (χ4v) is 2.35. The van der Waals surface area contributed by atoms with Crippen LogP contribution in [0.15, 0.2) is 61.7 Å². The number of hydrogen-bond donors (Lipinski definition) is 0. The average Bonchev–Trinajstić information content (AvgIpc) is 2.57. The van der Waals surface area contributed by atoms with Gasteiger partial charge in [-0.2, -0.15) is 0 Å². The standard InChI is InChI=1S/2C10H8ClN.2ClH/c2*1-3-4-8-7-9(11)5-6-10(8)12-2;;/h2*3,5-7H,1,4H2;2*1H. The minimum Gasteiger partial charge on any atom is -0.238 e. The Hall–Kier alpha value is -1.94. The van der Waals surface area contributed by atoms with E-state index in [1.54, 1.807) is 48.6 Å². The lowest BCUT2D eigenvalue weighted by Gasteiger charge is -1.99. The van der Waals surface area contributed by atoms with Crippen molar-refractivity contribution in [3.05, 3.63) is 106 Å². The van der Waals surface area contributed by atoms with E-state index in [4.69, 9.17) is 36.3 Å². The summed E-state index contributed by atoms with van der Waals surface area (Å²) in [6.45, 7) is 21.0. The van der Waals surface area contributed by atoms with Crippen LogP contribution >= 0.6 is 48.0 Å². The summed E-state index contributed by atoms with van der Waals surface area (Å²) in [6, 6.07) is 10.5. The second-order valence-corrected chi connectivity index (χ2v) is 5.63. The second-order valence-electron chi connectivity index (χ2n) is 4.76. The number of halogens is 4.